The van der Waals surface area contributed by atoms with E-state index in [-0.39, 0.29) is 6.04 Å². The van der Waals surface area contributed by atoms with Crippen LogP contribution in [0, 0.1) is 0 Å². The van der Waals surface area contributed by atoms with Crippen LogP contribution in [0.3, 0.4) is 0 Å². The molecule has 3 nitrogen and oxygen atoms in total. The van der Waals surface area contributed by atoms with Crippen LogP contribution in [0.5, 0.6) is 0 Å². The fraction of sp³-hybridized carbons (Fsp3) is 0.786. The summed E-state index contributed by atoms with van der Waals surface area (Å²) in [4.78, 5) is 8.77. The molecule has 2 heterocycles. The maximum Gasteiger partial charge on any atom is 0.0944 e. The van der Waals surface area contributed by atoms with Gasteiger partial charge in [-0.1, -0.05) is 0 Å². The zero-order valence-electron chi connectivity index (χ0n) is 11.2. The minimum absolute atomic E-state index is 0.152. The number of hydrogen-bond donors (Lipinski definition) is 1. The van der Waals surface area contributed by atoms with Crippen molar-refractivity contribution in [3.63, 3.8) is 0 Å². The van der Waals surface area contributed by atoms with E-state index in [1.807, 2.05) is 11.3 Å². The number of nitrogens with zero attached hydrogens (tertiary/aromatic N) is 2. The Morgan fingerprint density at radius 1 is 1.39 bits per heavy atom. The standard InChI is InChI=1S/C14H23N3S/c1-10(15)14-13(11-4-5-11)16-12(18-14)6-9-17-7-2-3-8-17/h10-11H,2-9,15H2,1H3. The molecule has 2 aliphatic rings. The lowest BCUT2D eigenvalue weighted by Crippen LogP contribution is -2.21. The average Bonchev–Trinajstić information content (AvgIpc) is 2.91. The lowest BCUT2D eigenvalue weighted by molar-refractivity contribution is 0.343. The number of likely N-dealkylation sites (tertiary alicyclic amines) is 1. The summed E-state index contributed by atoms with van der Waals surface area (Å²) < 4.78 is 0. The molecule has 1 aliphatic heterocycles. The van der Waals surface area contributed by atoms with Crippen LogP contribution in [-0.4, -0.2) is 29.5 Å². The van der Waals surface area contributed by atoms with Crippen LogP contribution in [0.4, 0.5) is 0 Å². The molecule has 18 heavy (non-hydrogen) atoms. The summed E-state index contributed by atoms with van der Waals surface area (Å²) in [5.74, 6) is 0.725. The summed E-state index contributed by atoms with van der Waals surface area (Å²) in [6.07, 6.45) is 6.48. The van der Waals surface area contributed by atoms with E-state index in [2.05, 4.69) is 11.8 Å². The molecule has 1 saturated heterocycles. The first-order chi connectivity index (χ1) is 8.74. The first kappa shape index (κ1) is 12.6. The molecular weight excluding hydrogens is 242 g/mol. The van der Waals surface area contributed by atoms with Crippen LogP contribution in [0.25, 0.3) is 0 Å². The molecule has 2 fully saturated rings. The highest BCUT2D eigenvalue weighted by Gasteiger charge is 2.30. The van der Waals surface area contributed by atoms with Crippen LogP contribution in [0.15, 0.2) is 0 Å². The Morgan fingerprint density at radius 3 is 2.72 bits per heavy atom. The van der Waals surface area contributed by atoms with Gasteiger partial charge >= 0.3 is 0 Å². The van der Waals surface area contributed by atoms with Gasteiger partial charge in [-0.3, -0.25) is 0 Å². The first-order valence-electron chi connectivity index (χ1n) is 7.21. The van der Waals surface area contributed by atoms with E-state index in [1.165, 1.54) is 60.9 Å². The van der Waals surface area contributed by atoms with Crippen molar-refractivity contribution in [3.05, 3.63) is 15.6 Å². The van der Waals surface area contributed by atoms with Gasteiger partial charge in [-0.25, -0.2) is 4.98 Å². The van der Waals surface area contributed by atoms with Gasteiger partial charge in [0.2, 0.25) is 0 Å². The van der Waals surface area contributed by atoms with Crippen LogP contribution < -0.4 is 5.73 Å². The van der Waals surface area contributed by atoms with Gasteiger partial charge in [-0.15, -0.1) is 11.3 Å². The fourth-order valence-electron chi connectivity index (χ4n) is 2.73. The summed E-state index contributed by atoms with van der Waals surface area (Å²) in [7, 11) is 0. The molecule has 0 radical (unpaired) electrons. The molecule has 0 bridgehead atoms. The van der Waals surface area contributed by atoms with Gasteiger partial charge in [0.25, 0.3) is 0 Å². The van der Waals surface area contributed by atoms with Crippen LogP contribution >= 0.6 is 11.3 Å². The zero-order chi connectivity index (χ0) is 12.5. The Balaban J connectivity index is 1.66. The molecule has 2 N–H and O–H groups in total. The first-order valence-corrected chi connectivity index (χ1v) is 8.03. The van der Waals surface area contributed by atoms with Crippen molar-refractivity contribution in [1.82, 2.24) is 9.88 Å². The summed E-state index contributed by atoms with van der Waals surface area (Å²) in [6, 6.07) is 0.152. The minimum atomic E-state index is 0.152. The molecule has 1 saturated carbocycles. The normalized spacial score (nSPS) is 22.6. The van der Waals surface area contributed by atoms with E-state index in [9.17, 15) is 0 Å². The average molecular weight is 265 g/mol. The molecule has 4 heteroatoms. The van der Waals surface area contributed by atoms with Crippen molar-refractivity contribution in [2.45, 2.75) is 51.0 Å². The van der Waals surface area contributed by atoms with Gasteiger partial charge in [0.05, 0.1) is 10.7 Å². The number of rotatable bonds is 5. The van der Waals surface area contributed by atoms with Crippen molar-refractivity contribution < 1.29 is 0 Å². The van der Waals surface area contributed by atoms with Crippen molar-refractivity contribution in [2.24, 2.45) is 5.73 Å². The van der Waals surface area contributed by atoms with Crippen LogP contribution in [-0.2, 0) is 6.42 Å². The summed E-state index contributed by atoms with van der Waals surface area (Å²) >= 11 is 1.86. The van der Waals surface area contributed by atoms with Gasteiger partial charge in [-0.2, -0.15) is 0 Å². The molecule has 1 atom stereocenters. The van der Waals surface area contributed by atoms with Gasteiger partial charge < -0.3 is 10.6 Å². The highest BCUT2D eigenvalue weighted by atomic mass is 32.1. The quantitative estimate of drug-likeness (QED) is 0.890. The van der Waals surface area contributed by atoms with Crippen molar-refractivity contribution in [2.75, 3.05) is 19.6 Å². The predicted octanol–water partition coefficient (Wildman–Crippen LogP) is 2.68. The minimum Gasteiger partial charge on any atom is -0.323 e. The highest BCUT2D eigenvalue weighted by Crippen LogP contribution is 2.44. The second-order valence-corrected chi connectivity index (χ2v) is 6.83. The second kappa shape index (κ2) is 5.27. The van der Waals surface area contributed by atoms with Crippen molar-refractivity contribution >= 4 is 11.3 Å². The van der Waals surface area contributed by atoms with E-state index >= 15 is 0 Å². The third kappa shape index (κ3) is 2.76. The molecule has 3 rings (SSSR count). The molecule has 1 aliphatic carbocycles. The van der Waals surface area contributed by atoms with E-state index in [4.69, 9.17) is 10.7 Å². The third-order valence-electron chi connectivity index (χ3n) is 3.94. The van der Waals surface area contributed by atoms with Gasteiger partial charge in [-0.05, 0) is 45.7 Å². The van der Waals surface area contributed by atoms with Crippen molar-refractivity contribution in [1.29, 1.82) is 0 Å². The molecule has 1 aromatic rings. The summed E-state index contributed by atoms with van der Waals surface area (Å²) in [6.45, 7) is 5.82. The molecule has 0 aromatic carbocycles. The number of hydrogen-bond acceptors (Lipinski definition) is 4. The maximum absolute atomic E-state index is 6.07. The Kier molecular flexibility index (Phi) is 3.68. The Hall–Kier alpha value is -0.450. The molecule has 100 valence electrons. The molecular formula is C14H23N3S. The van der Waals surface area contributed by atoms with Gasteiger partial charge in [0.15, 0.2) is 0 Å². The second-order valence-electron chi connectivity index (χ2n) is 5.72. The zero-order valence-corrected chi connectivity index (χ0v) is 12.0. The fourth-order valence-corrected chi connectivity index (χ4v) is 3.83. The van der Waals surface area contributed by atoms with Crippen LogP contribution in [0.2, 0.25) is 0 Å². The van der Waals surface area contributed by atoms with Crippen LogP contribution in [0.1, 0.15) is 60.1 Å². The Bertz CT molecular complexity index is 384. The predicted molar refractivity (Wildman–Crippen MR) is 76.1 cm³/mol. The lowest BCUT2D eigenvalue weighted by Gasteiger charge is -2.12. The molecule has 0 spiro atoms. The van der Waals surface area contributed by atoms with E-state index in [1.54, 1.807) is 0 Å². The molecule has 0 amide bonds. The molecule has 1 unspecified atom stereocenters. The Labute approximate surface area is 113 Å². The number of aromatic nitrogens is 1. The Morgan fingerprint density at radius 2 is 2.11 bits per heavy atom. The van der Waals surface area contributed by atoms with Gasteiger partial charge in [0, 0.05) is 29.8 Å². The lowest BCUT2D eigenvalue weighted by atomic mass is 10.2. The van der Waals surface area contributed by atoms with E-state index in [0.717, 1.165) is 12.3 Å². The SMILES string of the molecule is CC(N)c1sc(CCN2CCCC2)nc1C1CC1. The number of thiazole rings is 1. The highest BCUT2D eigenvalue weighted by molar-refractivity contribution is 7.11. The topological polar surface area (TPSA) is 42.1 Å². The van der Waals surface area contributed by atoms with Crippen molar-refractivity contribution in [3.8, 4) is 0 Å². The molecule has 1 aromatic heterocycles. The van der Waals surface area contributed by atoms with Gasteiger partial charge in [0.1, 0.15) is 0 Å². The largest absolute Gasteiger partial charge is 0.323 e. The monoisotopic (exact) mass is 265 g/mol. The third-order valence-corrected chi connectivity index (χ3v) is 5.28. The smallest absolute Gasteiger partial charge is 0.0944 e. The van der Waals surface area contributed by atoms with E-state index < -0.39 is 0 Å². The summed E-state index contributed by atoms with van der Waals surface area (Å²) in [5, 5.41) is 1.30. The summed E-state index contributed by atoms with van der Waals surface area (Å²) in [5.41, 5.74) is 7.40. The maximum atomic E-state index is 6.07. The van der Waals surface area contributed by atoms with E-state index in [0.29, 0.717) is 0 Å². The number of nitrogens with two attached hydrogens (primary N) is 1.